The zero-order chi connectivity index (χ0) is 22.0. The highest BCUT2D eigenvalue weighted by Crippen LogP contribution is 2.55. The molecule has 30 heavy (non-hydrogen) atoms. The van der Waals surface area contributed by atoms with Gasteiger partial charge < -0.3 is 14.8 Å². The van der Waals surface area contributed by atoms with E-state index in [0.29, 0.717) is 0 Å². The van der Waals surface area contributed by atoms with E-state index in [2.05, 4.69) is 5.32 Å². The molecule has 1 aromatic carbocycles. The van der Waals surface area contributed by atoms with Gasteiger partial charge in [0.2, 0.25) is 0 Å². The van der Waals surface area contributed by atoms with E-state index in [-0.39, 0.29) is 18.2 Å². The number of amides is 1. The second-order valence-corrected chi connectivity index (χ2v) is 9.90. The molecule has 5 unspecified atom stereocenters. The van der Waals surface area contributed by atoms with Crippen LogP contribution >= 0.6 is 0 Å². The first-order chi connectivity index (χ1) is 13.9. The van der Waals surface area contributed by atoms with Crippen molar-refractivity contribution < 1.29 is 23.9 Å². The Morgan fingerprint density at radius 3 is 2.37 bits per heavy atom. The molecule has 2 fully saturated rings. The second kappa shape index (κ2) is 6.77. The Morgan fingerprint density at radius 1 is 1.13 bits per heavy atom. The Labute approximate surface area is 177 Å². The first-order valence-electron chi connectivity index (χ1n) is 10.4. The smallest absolute Gasteiger partial charge is 0.407 e. The lowest BCUT2D eigenvalue weighted by Gasteiger charge is -2.29. The number of fused-ring (bicyclic) bond motifs is 5. The lowest BCUT2D eigenvalue weighted by Crippen LogP contribution is -2.46. The molecular formula is C24H29NO5. The summed E-state index contributed by atoms with van der Waals surface area (Å²) in [7, 11) is 0. The Kier molecular flexibility index (Phi) is 4.69. The topological polar surface area (TPSA) is 81.7 Å². The Bertz CT molecular complexity index is 949. The molecule has 6 nitrogen and oxygen atoms in total. The molecule has 3 aliphatic rings. The summed E-state index contributed by atoms with van der Waals surface area (Å²) in [4.78, 5) is 39.1. The van der Waals surface area contributed by atoms with Gasteiger partial charge in [-0.05, 0) is 58.2 Å². The van der Waals surface area contributed by atoms with Crippen LogP contribution in [-0.4, -0.2) is 41.5 Å². The molecule has 5 atom stereocenters. The number of carbonyl (C=O) groups excluding carboxylic acids is 3. The fraction of sp³-hybridized carbons (Fsp3) is 0.542. The molecule has 1 amide bonds. The van der Waals surface area contributed by atoms with Gasteiger partial charge in [0.15, 0.2) is 11.6 Å². The van der Waals surface area contributed by atoms with Crippen molar-refractivity contribution in [1.82, 2.24) is 5.32 Å². The van der Waals surface area contributed by atoms with Crippen LogP contribution in [0, 0.1) is 32.6 Å². The molecule has 1 aromatic rings. The second-order valence-electron chi connectivity index (χ2n) is 9.90. The van der Waals surface area contributed by atoms with E-state index in [4.69, 9.17) is 9.47 Å². The van der Waals surface area contributed by atoms with Gasteiger partial charge >= 0.3 is 6.09 Å². The first kappa shape index (κ1) is 20.8. The van der Waals surface area contributed by atoms with Crippen LogP contribution in [0.5, 0.6) is 0 Å². The quantitative estimate of drug-likeness (QED) is 0.610. The highest BCUT2D eigenvalue weighted by molar-refractivity contribution is 6.17. The van der Waals surface area contributed by atoms with Crippen molar-refractivity contribution in [2.75, 3.05) is 6.61 Å². The molecule has 0 aromatic heterocycles. The molecular weight excluding hydrogens is 382 g/mol. The van der Waals surface area contributed by atoms with Crippen LogP contribution in [0.3, 0.4) is 0 Å². The number of ketones is 2. The maximum atomic E-state index is 13.6. The van der Waals surface area contributed by atoms with E-state index in [1.54, 1.807) is 6.08 Å². The Hall–Kier alpha value is -2.47. The fourth-order valence-corrected chi connectivity index (χ4v) is 5.33. The van der Waals surface area contributed by atoms with E-state index in [9.17, 15) is 14.4 Å². The number of hydrogen-bond acceptors (Lipinski definition) is 5. The molecule has 1 saturated carbocycles. The monoisotopic (exact) mass is 411 g/mol. The normalized spacial score (nSPS) is 31.9. The summed E-state index contributed by atoms with van der Waals surface area (Å²) in [5.74, 6) is -2.16. The van der Waals surface area contributed by atoms with Gasteiger partial charge in [0, 0.05) is 5.54 Å². The third-order valence-electron chi connectivity index (χ3n) is 6.30. The molecule has 1 N–H and O–H groups in total. The van der Waals surface area contributed by atoms with Crippen molar-refractivity contribution in [2.24, 2.45) is 11.8 Å². The third kappa shape index (κ3) is 3.18. The summed E-state index contributed by atoms with van der Waals surface area (Å²) in [6, 6.07) is 4.02. The summed E-state index contributed by atoms with van der Waals surface area (Å²) in [5, 5.41) is 2.74. The van der Waals surface area contributed by atoms with Gasteiger partial charge in [-0.2, -0.15) is 0 Å². The predicted molar refractivity (Wildman–Crippen MR) is 111 cm³/mol. The van der Waals surface area contributed by atoms with Crippen molar-refractivity contribution in [2.45, 2.75) is 64.7 Å². The van der Waals surface area contributed by atoms with Crippen LogP contribution in [0.15, 0.2) is 24.3 Å². The molecule has 4 rings (SSSR count). The highest BCUT2D eigenvalue weighted by Gasteiger charge is 2.68. The average molecular weight is 411 g/mol. The molecule has 160 valence electrons. The number of ether oxygens (including phenoxy) is 2. The van der Waals surface area contributed by atoms with Crippen LogP contribution in [0.25, 0.3) is 0 Å². The Balaban J connectivity index is 1.62. The molecule has 1 saturated heterocycles. The van der Waals surface area contributed by atoms with Crippen molar-refractivity contribution in [3.05, 3.63) is 46.5 Å². The van der Waals surface area contributed by atoms with Crippen LogP contribution < -0.4 is 5.32 Å². The average Bonchev–Trinajstić information content (AvgIpc) is 3.24. The Morgan fingerprint density at radius 2 is 1.77 bits per heavy atom. The SMILES string of the molecule is Cc1cc(C)c(C2C(=O)C3C4C=CC(COC(=O)NC(C)(C)C)(O4)C3C2=O)c(C)c1. The maximum absolute atomic E-state index is 13.6. The van der Waals surface area contributed by atoms with Crippen LogP contribution in [0.4, 0.5) is 4.79 Å². The van der Waals surface area contributed by atoms with Crippen molar-refractivity contribution >= 4 is 17.7 Å². The molecule has 0 spiro atoms. The molecule has 6 heteroatoms. The summed E-state index contributed by atoms with van der Waals surface area (Å²) in [6.45, 7) is 11.4. The lowest BCUT2D eigenvalue weighted by molar-refractivity contribution is -0.130. The maximum Gasteiger partial charge on any atom is 0.407 e. The zero-order valence-corrected chi connectivity index (χ0v) is 18.4. The molecule has 2 bridgehead atoms. The van der Waals surface area contributed by atoms with Gasteiger partial charge in [0.25, 0.3) is 0 Å². The molecule has 2 aliphatic heterocycles. The van der Waals surface area contributed by atoms with E-state index in [0.717, 1.165) is 22.3 Å². The van der Waals surface area contributed by atoms with Gasteiger partial charge in [-0.1, -0.05) is 29.8 Å². The minimum absolute atomic E-state index is 0.0876. The van der Waals surface area contributed by atoms with E-state index >= 15 is 0 Å². The minimum Gasteiger partial charge on any atom is -0.446 e. The van der Waals surface area contributed by atoms with Gasteiger partial charge in [0.05, 0.1) is 17.9 Å². The lowest BCUT2D eigenvalue weighted by atomic mass is 9.77. The van der Waals surface area contributed by atoms with Crippen molar-refractivity contribution in [1.29, 1.82) is 0 Å². The van der Waals surface area contributed by atoms with Gasteiger partial charge in [0.1, 0.15) is 18.1 Å². The van der Waals surface area contributed by atoms with Crippen LogP contribution in [0.1, 0.15) is 48.9 Å². The number of benzene rings is 1. The van der Waals surface area contributed by atoms with E-state index in [1.807, 2.05) is 59.8 Å². The van der Waals surface area contributed by atoms with Crippen LogP contribution in [-0.2, 0) is 19.1 Å². The number of Topliss-reactive ketones (excluding diaryl/α,β-unsaturated/α-hetero) is 2. The number of hydrogen-bond donors (Lipinski definition) is 1. The van der Waals surface area contributed by atoms with Crippen LogP contribution in [0.2, 0.25) is 0 Å². The van der Waals surface area contributed by atoms with Crippen molar-refractivity contribution in [3.8, 4) is 0 Å². The zero-order valence-electron chi connectivity index (χ0n) is 18.4. The third-order valence-corrected chi connectivity index (χ3v) is 6.30. The van der Waals surface area contributed by atoms with Gasteiger partial charge in [-0.15, -0.1) is 0 Å². The van der Waals surface area contributed by atoms with Gasteiger partial charge in [-0.3, -0.25) is 9.59 Å². The number of nitrogens with one attached hydrogen (secondary N) is 1. The molecule has 2 heterocycles. The minimum atomic E-state index is -1.07. The number of aryl methyl sites for hydroxylation is 3. The number of rotatable bonds is 3. The first-order valence-corrected chi connectivity index (χ1v) is 10.4. The molecule has 1 aliphatic carbocycles. The summed E-state index contributed by atoms with van der Waals surface area (Å²) in [5.41, 5.74) is 2.31. The summed E-state index contributed by atoms with van der Waals surface area (Å²) in [6.07, 6.45) is 2.61. The van der Waals surface area contributed by atoms with Crippen molar-refractivity contribution in [3.63, 3.8) is 0 Å². The highest BCUT2D eigenvalue weighted by atomic mass is 16.6. The molecule has 0 radical (unpaired) electrons. The fourth-order valence-electron chi connectivity index (χ4n) is 5.33. The summed E-state index contributed by atoms with van der Waals surface area (Å²) < 4.78 is 11.5. The number of alkyl carbamates (subject to hydrolysis) is 1. The van der Waals surface area contributed by atoms with Gasteiger partial charge in [-0.25, -0.2) is 4.79 Å². The standard InChI is InChI=1S/C24H29NO5/c1-12-9-13(2)16(14(3)10-12)18-20(26)17-15-7-8-24(30-15,19(17)21(18)27)11-29-22(28)25-23(4,5)6/h7-10,15,17-19H,11H2,1-6H3,(H,25,28). The largest absolute Gasteiger partial charge is 0.446 e. The van der Waals surface area contributed by atoms with E-state index in [1.165, 1.54) is 0 Å². The van der Waals surface area contributed by atoms with E-state index < -0.39 is 41.1 Å². The number of carbonyl (C=O) groups is 3. The summed E-state index contributed by atoms with van der Waals surface area (Å²) >= 11 is 0. The predicted octanol–water partition coefficient (Wildman–Crippen LogP) is 3.31.